The fourth-order valence-electron chi connectivity index (χ4n) is 4.84. The minimum atomic E-state index is -2.88. The van der Waals surface area contributed by atoms with Gasteiger partial charge in [-0.05, 0) is 31.6 Å². The zero-order valence-electron chi connectivity index (χ0n) is 24.4. The second-order valence-corrected chi connectivity index (χ2v) is 19.4. The van der Waals surface area contributed by atoms with Crippen molar-refractivity contribution in [1.29, 1.82) is 0 Å². The van der Waals surface area contributed by atoms with Gasteiger partial charge in [0.15, 0.2) is 0 Å². The van der Waals surface area contributed by atoms with Crippen LogP contribution in [0.3, 0.4) is 0 Å². The fourth-order valence-corrected chi connectivity index (χ4v) is 11.8. The summed E-state index contributed by atoms with van der Waals surface area (Å²) in [7, 11) is -5.63. The average molecular weight is 723 g/mol. The normalized spacial score (nSPS) is 35.2. The third-order valence-electron chi connectivity index (χ3n) is 8.09. The van der Waals surface area contributed by atoms with Gasteiger partial charge < -0.3 is 38.2 Å². The molecule has 0 amide bonds. The van der Waals surface area contributed by atoms with Gasteiger partial charge in [0.05, 0.1) is 63.1 Å². The lowest BCUT2D eigenvalue weighted by molar-refractivity contribution is -0.0963. The van der Waals surface area contributed by atoms with E-state index < -0.39 is 32.4 Å². The van der Waals surface area contributed by atoms with E-state index >= 15 is 0 Å². The Morgan fingerprint density at radius 1 is 1.15 bits per heavy atom. The maximum atomic E-state index is 13.2. The Hall–Kier alpha value is 0.610. The fraction of sp³-hybridized carbons (Fsp3) is 0.926. The van der Waals surface area contributed by atoms with Crippen LogP contribution in [0.25, 0.3) is 0 Å². The summed E-state index contributed by atoms with van der Waals surface area (Å²) in [5.74, 6) is 0.527. The summed E-state index contributed by atoms with van der Waals surface area (Å²) >= 11 is 2.21. The predicted molar refractivity (Wildman–Crippen MR) is 163 cm³/mol. The Morgan fingerprint density at radius 2 is 1.82 bits per heavy atom. The number of hydrogen-bond acceptors (Lipinski definition) is 10. The number of hydrogen-bond donors (Lipinski definition) is 2. The van der Waals surface area contributed by atoms with Crippen molar-refractivity contribution >= 4 is 37.3 Å². The molecule has 13 heteroatoms. The molecule has 0 spiro atoms. The van der Waals surface area contributed by atoms with Crippen molar-refractivity contribution < 1.29 is 47.3 Å². The number of epoxide rings is 1. The van der Waals surface area contributed by atoms with Crippen LogP contribution in [0.1, 0.15) is 40.5 Å². The van der Waals surface area contributed by atoms with Gasteiger partial charge in [-0.15, -0.1) is 0 Å². The Labute approximate surface area is 253 Å². The Balaban J connectivity index is 1.49. The van der Waals surface area contributed by atoms with Crippen LogP contribution in [0, 0.1) is 17.3 Å². The third-order valence-corrected chi connectivity index (χ3v) is 17.1. The van der Waals surface area contributed by atoms with Gasteiger partial charge in [-0.3, -0.25) is 9.13 Å². The summed E-state index contributed by atoms with van der Waals surface area (Å²) in [5, 5.41) is 20.4. The van der Waals surface area contributed by atoms with E-state index in [0.29, 0.717) is 50.6 Å². The maximum Gasteiger partial charge on any atom is 0.215 e. The molecule has 9 atom stereocenters. The molecule has 2 N–H and O–H groups in total. The molecule has 3 heterocycles. The van der Waals surface area contributed by atoms with E-state index in [-0.39, 0.29) is 55.3 Å². The summed E-state index contributed by atoms with van der Waals surface area (Å²) in [6, 6.07) is 0. The number of halogens is 1. The Morgan fingerprint density at radius 3 is 2.40 bits per heavy atom. The summed E-state index contributed by atoms with van der Waals surface area (Å²) in [6.45, 7) is 10.0. The predicted octanol–water partition coefficient (Wildman–Crippen LogP) is 4.54. The molecule has 0 saturated carbocycles. The number of rotatable bonds is 19. The van der Waals surface area contributed by atoms with Gasteiger partial charge >= 0.3 is 0 Å². The van der Waals surface area contributed by atoms with Crippen molar-refractivity contribution in [1.82, 2.24) is 0 Å². The molecule has 0 radical (unpaired) electrons. The van der Waals surface area contributed by atoms with Gasteiger partial charge in [0.2, 0.25) is 14.7 Å². The minimum Gasteiger partial charge on any atom is -0.394 e. The molecule has 10 nitrogen and oxygen atoms in total. The molecule has 3 aliphatic heterocycles. The van der Waals surface area contributed by atoms with Crippen molar-refractivity contribution in [2.24, 2.45) is 17.3 Å². The molecule has 0 bridgehead atoms. The summed E-state index contributed by atoms with van der Waals surface area (Å²) < 4.78 is 61.0. The van der Waals surface area contributed by atoms with Gasteiger partial charge in [0, 0.05) is 23.9 Å². The average Bonchev–Trinajstić information content (AvgIpc) is 3.71. The first-order valence-corrected chi connectivity index (χ1v) is 19.5. The summed E-state index contributed by atoms with van der Waals surface area (Å²) in [5.41, 5.74) is 0.698. The molecule has 2 saturated heterocycles. The largest absolute Gasteiger partial charge is 0.394 e. The van der Waals surface area contributed by atoms with Crippen LogP contribution in [0.5, 0.6) is 0 Å². The summed E-state index contributed by atoms with van der Waals surface area (Å²) in [4.78, 5) is 0. The molecule has 0 aromatic carbocycles. The molecular formula is C27H49IO10P2. The van der Waals surface area contributed by atoms with E-state index in [1.807, 2.05) is 26.8 Å². The zero-order chi connectivity index (χ0) is 29.4. The van der Waals surface area contributed by atoms with Crippen molar-refractivity contribution in [3.63, 3.8) is 0 Å². The molecule has 0 aromatic rings. The van der Waals surface area contributed by atoms with Gasteiger partial charge in [-0.2, -0.15) is 0 Å². The van der Waals surface area contributed by atoms with Crippen LogP contribution < -0.4 is 0 Å². The second-order valence-electron chi connectivity index (χ2n) is 11.8. The van der Waals surface area contributed by atoms with E-state index in [4.69, 9.17) is 28.0 Å². The molecule has 0 aliphatic carbocycles. The van der Waals surface area contributed by atoms with E-state index in [2.05, 4.69) is 29.5 Å². The number of allylic oxidation sites excluding steroid dienone is 2. The maximum absolute atomic E-state index is 13.2. The molecule has 40 heavy (non-hydrogen) atoms. The van der Waals surface area contributed by atoms with Gasteiger partial charge in [0.25, 0.3) is 0 Å². The Kier molecular flexibility index (Phi) is 14.1. The zero-order valence-corrected chi connectivity index (χ0v) is 28.3. The van der Waals surface area contributed by atoms with Crippen LogP contribution in [0.15, 0.2) is 11.6 Å². The highest BCUT2D eigenvalue weighted by Gasteiger charge is 2.42. The monoisotopic (exact) mass is 722 g/mol. The highest BCUT2D eigenvalue weighted by Crippen LogP contribution is 2.63. The first-order valence-electron chi connectivity index (χ1n) is 14.4. The molecule has 2 fully saturated rings. The molecule has 3 aliphatic rings. The smallest absolute Gasteiger partial charge is 0.215 e. The molecule has 0 aromatic heterocycles. The lowest BCUT2D eigenvalue weighted by Crippen LogP contribution is -2.39. The van der Waals surface area contributed by atoms with Crippen LogP contribution in [-0.4, -0.2) is 110 Å². The quantitative estimate of drug-likeness (QED) is 0.0644. The van der Waals surface area contributed by atoms with Gasteiger partial charge in [-0.1, -0.05) is 55.0 Å². The van der Waals surface area contributed by atoms with Crippen molar-refractivity contribution in [3.8, 4) is 0 Å². The van der Waals surface area contributed by atoms with Crippen LogP contribution in [0.2, 0.25) is 0 Å². The first kappa shape index (κ1) is 35.1. The minimum absolute atomic E-state index is 0.0249. The second kappa shape index (κ2) is 16.1. The Bertz CT molecular complexity index is 916. The van der Waals surface area contributed by atoms with Gasteiger partial charge in [-0.25, -0.2) is 0 Å². The number of aliphatic hydroxyl groups excluding tert-OH is 2. The lowest BCUT2D eigenvalue weighted by atomic mass is 9.88. The number of alkyl halides is 1. The van der Waals surface area contributed by atoms with Crippen LogP contribution in [0.4, 0.5) is 0 Å². The van der Waals surface area contributed by atoms with Crippen LogP contribution >= 0.6 is 37.3 Å². The molecule has 7 unspecified atom stereocenters. The van der Waals surface area contributed by atoms with E-state index in [0.717, 1.165) is 6.42 Å². The molecule has 3 rings (SSSR count). The third kappa shape index (κ3) is 10.7. The topological polar surface area (TPSA) is 133 Å². The van der Waals surface area contributed by atoms with E-state index in [9.17, 15) is 19.3 Å². The number of aliphatic hydroxyl groups is 2. The van der Waals surface area contributed by atoms with Gasteiger partial charge in [0.1, 0.15) is 18.3 Å². The SMILES string of the molecule is CCC(COCC(O)COP1(=O)CCC(C)[C@H]1I)(COCC1CO1)COCC(CO)OP1(=O)CC=C(C)[C@@H](C)C1. The van der Waals surface area contributed by atoms with E-state index in [1.54, 1.807) is 0 Å². The standard InChI is InChI=1S/C27H49IO10P2/c1-5-27(19-35-14-25-15-36-25,17-33-11-23(30)12-37-40(32)9-7-21(3)26(40)28)18-34-13-24(10-29)38-39(31)8-6-20(2)22(4)16-39/h6,21-26,29-30H,5,7-19H2,1-4H3/t21?,22-,23?,24?,25?,26-,27?,39?,40?/m0/s1. The molecule has 234 valence electrons. The van der Waals surface area contributed by atoms with Crippen molar-refractivity contribution in [2.45, 2.75) is 62.5 Å². The van der Waals surface area contributed by atoms with E-state index in [1.165, 1.54) is 5.57 Å². The van der Waals surface area contributed by atoms with Crippen LogP contribution in [-0.2, 0) is 37.1 Å². The van der Waals surface area contributed by atoms with Crippen molar-refractivity contribution in [3.05, 3.63) is 11.6 Å². The lowest BCUT2D eigenvalue weighted by Gasteiger charge is -2.33. The first-order chi connectivity index (χ1) is 18.9. The molecular weight excluding hydrogens is 673 g/mol. The van der Waals surface area contributed by atoms with Crippen molar-refractivity contribution in [2.75, 3.05) is 77.9 Å². The number of ether oxygens (including phenoxy) is 4. The highest BCUT2D eigenvalue weighted by atomic mass is 127. The summed E-state index contributed by atoms with van der Waals surface area (Å²) in [6.07, 6.45) is 3.45. The highest BCUT2D eigenvalue weighted by molar-refractivity contribution is 14.1.